The molecule has 0 bridgehead atoms. The van der Waals surface area contributed by atoms with Gasteiger partial charge in [0.2, 0.25) is 10.0 Å². The van der Waals surface area contributed by atoms with E-state index in [0.29, 0.717) is 24.7 Å². The van der Waals surface area contributed by atoms with Crippen LogP contribution in [0.1, 0.15) is 5.82 Å². The molecule has 8 heteroatoms. The Hall–Kier alpha value is -1.41. The first-order valence-electron chi connectivity index (χ1n) is 5.49. The number of hydrogen-bond acceptors (Lipinski definition) is 6. The van der Waals surface area contributed by atoms with Crippen LogP contribution < -0.4 is 14.9 Å². The van der Waals surface area contributed by atoms with Crippen molar-refractivity contribution >= 4 is 21.7 Å². The number of rotatable bonds is 6. The quantitative estimate of drug-likeness (QED) is 0.699. The van der Waals surface area contributed by atoms with Crippen LogP contribution in [-0.2, 0) is 10.0 Å². The molecule has 1 aromatic heterocycles. The lowest BCUT2D eigenvalue weighted by Gasteiger charge is -2.13. The lowest BCUT2D eigenvalue weighted by atomic mass is 10.4. The van der Waals surface area contributed by atoms with Gasteiger partial charge in [-0.05, 0) is 6.92 Å². The molecule has 18 heavy (non-hydrogen) atoms. The zero-order valence-electron chi connectivity index (χ0n) is 11.1. The highest BCUT2D eigenvalue weighted by Gasteiger charge is 2.04. The summed E-state index contributed by atoms with van der Waals surface area (Å²) in [6.45, 7) is 2.60. The largest absolute Gasteiger partial charge is 0.369 e. The van der Waals surface area contributed by atoms with Crippen molar-refractivity contribution < 1.29 is 8.42 Å². The summed E-state index contributed by atoms with van der Waals surface area (Å²) in [6, 6.07) is 1.81. The molecular weight excluding hydrogens is 254 g/mol. The summed E-state index contributed by atoms with van der Waals surface area (Å²) < 4.78 is 24.1. The summed E-state index contributed by atoms with van der Waals surface area (Å²) in [6.07, 6.45) is 1.13. The zero-order valence-corrected chi connectivity index (χ0v) is 11.9. The third-order valence-corrected chi connectivity index (χ3v) is 2.81. The van der Waals surface area contributed by atoms with Crippen LogP contribution in [0.3, 0.4) is 0 Å². The van der Waals surface area contributed by atoms with E-state index in [2.05, 4.69) is 20.0 Å². The first kappa shape index (κ1) is 14.7. The molecule has 2 N–H and O–H groups in total. The van der Waals surface area contributed by atoms with E-state index in [1.807, 2.05) is 32.0 Å². The van der Waals surface area contributed by atoms with Crippen LogP contribution in [0, 0.1) is 6.92 Å². The maximum Gasteiger partial charge on any atom is 0.208 e. The number of nitrogens with one attached hydrogen (secondary N) is 2. The van der Waals surface area contributed by atoms with Crippen molar-refractivity contribution in [3.8, 4) is 0 Å². The van der Waals surface area contributed by atoms with Gasteiger partial charge in [-0.1, -0.05) is 0 Å². The van der Waals surface area contributed by atoms with E-state index in [1.54, 1.807) is 0 Å². The van der Waals surface area contributed by atoms with E-state index < -0.39 is 10.0 Å². The van der Waals surface area contributed by atoms with Gasteiger partial charge in [0.25, 0.3) is 0 Å². The first-order valence-corrected chi connectivity index (χ1v) is 7.38. The third-order valence-electron chi connectivity index (χ3n) is 2.08. The standard InChI is InChI=1S/C10H19N5O2S/c1-8-13-9(7-10(14-8)15(2)3)11-5-6-12-18(4,16)17/h7,12H,5-6H2,1-4H3,(H,11,13,14). The molecule has 0 atom stereocenters. The number of nitrogens with zero attached hydrogens (tertiary/aromatic N) is 3. The highest BCUT2D eigenvalue weighted by atomic mass is 32.2. The molecule has 102 valence electrons. The van der Waals surface area contributed by atoms with Gasteiger partial charge in [0, 0.05) is 33.3 Å². The molecule has 0 radical (unpaired) electrons. The first-order chi connectivity index (χ1) is 8.28. The smallest absolute Gasteiger partial charge is 0.208 e. The normalized spacial score (nSPS) is 11.3. The molecule has 0 saturated carbocycles. The fourth-order valence-electron chi connectivity index (χ4n) is 1.30. The molecule has 0 saturated heterocycles. The van der Waals surface area contributed by atoms with Crippen LogP contribution in [-0.4, -0.2) is 51.8 Å². The van der Waals surface area contributed by atoms with Gasteiger partial charge >= 0.3 is 0 Å². The maximum atomic E-state index is 10.9. The van der Waals surface area contributed by atoms with Gasteiger partial charge in [0.15, 0.2) is 0 Å². The number of aromatic nitrogens is 2. The lowest BCUT2D eigenvalue weighted by Crippen LogP contribution is -2.27. The van der Waals surface area contributed by atoms with Gasteiger partial charge in [0.05, 0.1) is 6.26 Å². The van der Waals surface area contributed by atoms with Crippen molar-refractivity contribution in [1.82, 2.24) is 14.7 Å². The minimum absolute atomic E-state index is 0.319. The summed E-state index contributed by atoms with van der Waals surface area (Å²) in [5, 5.41) is 3.05. The van der Waals surface area contributed by atoms with E-state index in [1.165, 1.54) is 0 Å². The van der Waals surface area contributed by atoms with Crippen LogP contribution in [0.2, 0.25) is 0 Å². The van der Waals surface area contributed by atoms with Gasteiger partial charge in [-0.2, -0.15) is 0 Å². The monoisotopic (exact) mass is 273 g/mol. The summed E-state index contributed by atoms with van der Waals surface area (Å²) in [5.74, 6) is 2.15. The minimum Gasteiger partial charge on any atom is -0.369 e. The Bertz CT molecular complexity index is 501. The van der Waals surface area contributed by atoms with Gasteiger partial charge in [0.1, 0.15) is 17.5 Å². The molecule has 0 aliphatic carbocycles. The van der Waals surface area contributed by atoms with Crippen molar-refractivity contribution in [3.63, 3.8) is 0 Å². The van der Waals surface area contributed by atoms with Gasteiger partial charge in [-0.15, -0.1) is 0 Å². The molecule has 0 aliphatic rings. The number of sulfonamides is 1. The van der Waals surface area contributed by atoms with Crippen molar-refractivity contribution in [3.05, 3.63) is 11.9 Å². The summed E-state index contributed by atoms with van der Waals surface area (Å²) in [4.78, 5) is 10.4. The highest BCUT2D eigenvalue weighted by Crippen LogP contribution is 2.12. The minimum atomic E-state index is -3.14. The Morgan fingerprint density at radius 2 is 1.94 bits per heavy atom. The second-order valence-electron chi connectivity index (χ2n) is 4.15. The van der Waals surface area contributed by atoms with Crippen LogP contribution in [0.5, 0.6) is 0 Å². The molecule has 1 heterocycles. The fourth-order valence-corrected chi connectivity index (χ4v) is 1.77. The number of hydrogen-bond donors (Lipinski definition) is 2. The highest BCUT2D eigenvalue weighted by molar-refractivity contribution is 7.88. The van der Waals surface area contributed by atoms with Crippen LogP contribution in [0.4, 0.5) is 11.6 Å². The van der Waals surface area contributed by atoms with Gasteiger partial charge < -0.3 is 10.2 Å². The van der Waals surface area contributed by atoms with E-state index in [0.717, 1.165) is 12.1 Å². The Kier molecular flexibility index (Phi) is 4.85. The molecule has 1 aromatic rings. The van der Waals surface area contributed by atoms with Crippen LogP contribution >= 0.6 is 0 Å². The van der Waals surface area contributed by atoms with Crippen molar-refractivity contribution in [1.29, 1.82) is 0 Å². The summed E-state index contributed by atoms with van der Waals surface area (Å²) in [5.41, 5.74) is 0. The van der Waals surface area contributed by atoms with Crippen molar-refractivity contribution in [2.75, 3.05) is 43.7 Å². The average Bonchev–Trinajstić information content (AvgIpc) is 2.22. The molecule has 0 fully saturated rings. The fraction of sp³-hybridized carbons (Fsp3) is 0.600. The molecule has 7 nitrogen and oxygen atoms in total. The molecule has 0 unspecified atom stereocenters. The van der Waals surface area contributed by atoms with Gasteiger partial charge in [-0.3, -0.25) is 0 Å². The maximum absolute atomic E-state index is 10.9. The summed E-state index contributed by atoms with van der Waals surface area (Å²) >= 11 is 0. The second kappa shape index (κ2) is 5.96. The van der Waals surface area contributed by atoms with Crippen LogP contribution in [0.25, 0.3) is 0 Å². The van der Waals surface area contributed by atoms with E-state index in [4.69, 9.17) is 0 Å². The van der Waals surface area contributed by atoms with E-state index in [9.17, 15) is 8.42 Å². The zero-order chi connectivity index (χ0) is 13.8. The number of anilines is 2. The Morgan fingerprint density at radius 1 is 1.28 bits per heavy atom. The molecule has 0 spiro atoms. The molecular formula is C10H19N5O2S. The molecule has 0 aromatic carbocycles. The molecule has 1 rings (SSSR count). The van der Waals surface area contributed by atoms with Crippen molar-refractivity contribution in [2.45, 2.75) is 6.92 Å². The average molecular weight is 273 g/mol. The second-order valence-corrected chi connectivity index (χ2v) is 5.98. The molecule has 0 amide bonds. The Labute approximate surface area is 108 Å². The lowest BCUT2D eigenvalue weighted by molar-refractivity contribution is 0.589. The molecule has 0 aliphatic heterocycles. The SMILES string of the molecule is Cc1nc(NCCNS(C)(=O)=O)cc(N(C)C)n1. The number of aryl methyl sites for hydroxylation is 1. The van der Waals surface area contributed by atoms with Crippen molar-refractivity contribution in [2.24, 2.45) is 0 Å². The summed E-state index contributed by atoms with van der Waals surface area (Å²) in [7, 11) is 0.660. The van der Waals surface area contributed by atoms with Crippen LogP contribution in [0.15, 0.2) is 6.07 Å². The predicted octanol–water partition coefficient (Wildman–Crippen LogP) is -0.188. The van der Waals surface area contributed by atoms with E-state index >= 15 is 0 Å². The Balaban J connectivity index is 2.57. The van der Waals surface area contributed by atoms with E-state index in [-0.39, 0.29) is 0 Å². The Morgan fingerprint density at radius 3 is 2.50 bits per heavy atom. The topological polar surface area (TPSA) is 87.2 Å². The van der Waals surface area contributed by atoms with Gasteiger partial charge in [-0.25, -0.2) is 23.1 Å². The predicted molar refractivity (Wildman–Crippen MR) is 72.4 cm³/mol. The third kappa shape index (κ3) is 5.28.